The zero-order valence-corrected chi connectivity index (χ0v) is 11.6. The fourth-order valence-corrected chi connectivity index (χ4v) is 2.55. The van der Waals surface area contributed by atoms with E-state index >= 15 is 0 Å². The molecule has 0 bridgehead atoms. The van der Waals surface area contributed by atoms with Crippen molar-refractivity contribution in [1.82, 2.24) is 0 Å². The molecule has 1 aliphatic rings. The molecule has 0 saturated heterocycles. The molecule has 1 aromatic rings. The van der Waals surface area contributed by atoms with Crippen molar-refractivity contribution in [2.75, 3.05) is 43.0 Å². The Morgan fingerprint density at radius 2 is 1.94 bits per heavy atom. The van der Waals surface area contributed by atoms with Crippen LogP contribution in [0.5, 0.6) is 0 Å². The lowest BCUT2D eigenvalue weighted by molar-refractivity contribution is 0.515. The summed E-state index contributed by atoms with van der Waals surface area (Å²) in [5.41, 5.74) is 8.40. The molecule has 0 saturated carbocycles. The van der Waals surface area contributed by atoms with Crippen LogP contribution in [0.25, 0.3) is 0 Å². The average molecular weight is 247 g/mol. The molecule has 3 heteroatoms. The number of anilines is 2. The van der Waals surface area contributed by atoms with E-state index in [-0.39, 0.29) is 0 Å². The molecule has 0 spiro atoms. The highest BCUT2D eigenvalue weighted by molar-refractivity contribution is 5.72. The maximum Gasteiger partial charge on any atom is 0.0604 e. The van der Waals surface area contributed by atoms with Crippen molar-refractivity contribution in [1.29, 1.82) is 0 Å². The van der Waals surface area contributed by atoms with E-state index in [1.54, 1.807) is 0 Å². The molecule has 0 amide bonds. The second-order valence-corrected chi connectivity index (χ2v) is 5.38. The summed E-state index contributed by atoms with van der Waals surface area (Å²) in [6, 6.07) is 8.70. The molecule has 1 aromatic carbocycles. The Bertz CT molecular complexity index is 378. The molecule has 1 atom stereocenters. The Balaban J connectivity index is 1.96. The Hall–Kier alpha value is -1.22. The van der Waals surface area contributed by atoms with Crippen LogP contribution in [-0.4, -0.2) is 33.2 Å². The summed E-state index contributed by atoms with van der Waals surface area (Å²) in [4.78, 5) is 4.85. The normalized spacial score (nSPS) is 16.6. The zero-order chi connectivity index (χ0) is 13.0. The first-order valence-electron chi connectivity index (χ1n) is 6.97. The van der Waals surface area contributed by atoms with Gasteiger partial charge in [-0.25, -0.2) is 0 Å². The van der Waals surface area contributed by atoms with Crippen LogP contribution < -0.4 is 15.5 Å². The fourth-order valence-electron chi connectivity index (χ4n) is 2.55. The Morgan fingerprint density at radius 1 is 1.22 bits per heavy atom. The maximum absolute atomic E-state index is 5.67. The monoisotopic (exact) mass is 247 g/mol. The van der Waals surface area contributed by atoms with Gasteiger partial charge in [-0.1, -0.05) is 19.1 Å². The molecular weight excluding hydrogens is 222 g/mol. The van der Waals surface area contributed by atoms with Crippen LogP contribution in [0.4, 0.5) is 11.4 Å². The van der Waals surface area contributed by atoms with Crippen molar-refractivity contribution in [3.8, 4) is 0 Å². The minimum absolute atomic E-state index is 0.646. The van der Waals surface area contributed by atoms with Gasteiger partial charge in [-0.3, -0.25) is 0 Å². The Morgan fingerprint density at radius 3 is 2.67 bits per heavy atom. The lowest BCUT2D eigenvalue weighted by atomic mass is 10.1. The van der Waals surface area contributed by atoms with E-state index in [0.717, 1.165) is 26.2 Å². The summed E-state index contributed by atoms with van der Waals surface area (Å²) in [6.45, 7) is 6.43. The van der Waals surface area contributed by atoms with Gasteiger partial charge in [-0.05, 0) is 37.4 Å². The number of nitrogens with zero attached hydrogens (tertiary/aromatic N) is 2. The smallest absolute Gasteiger partial charge is 0.0604 e. The van der Waals surface area contributed by atoms with Crippen molar-refractivity contribution in [2.45, 2.75) is 19.8 Å². The zero-order valence-electron chi connectivity index (χ0n) is 11.6. The number of para-hydroxylation sites is 2. The van der Waals surface area contributed by atoms with Gasteiger partial charge in [0.15, 0.2) is 0 Å². The molecule has 1 heterocycles. The molecule has 1 aliphatic heterocycles. The van der Waals surface area contributed by atoms with Gasteiger partial charge >= 0.3 is 0 Å². The number of nitrogens with two attached hydrogens (primary N) is 1. The second-order valence-electron chi connectivity index (χ2n) is 5.38. The second kappa shape index (κ2) is 6.10. The molecule has 0 aliphatic carbocycles. The molecule has 2 N–H and O–H groups in total. The van der Waals surface area contributed by atoms with E-state index in [2.05, 4.69) is 48.0 Å². The van der Waals surface area contributed by atoms with E-state index in [9.17, 15) is 0 Å². The van der Waals surface area contributed by atoms with Gasteiger partial charge in [0.05, 0.1) is 11.4 Å². The van der Waals surface area contributed by atoms with Crippen LogP contribution in [0.2, 0.25) is 0 Å². The van der Waals surface area contributed by atoms with Crippen LogP contribution in [-0.2, 0) is 0 Å². The molecule has 1 unspecified atom stereocenters. The Labute approximate surface area is 111 Å². The highest BCUT2D eigenvalue weighted by Gasteiger charge is 2.19. The van der Waals surface area contributed by atoms with Crippen LogP contribution in [0.15, 0.2) is 24.3 Å². The van der Waals surface area contributed by atoms with Gasteiger partial charge in [0, 0.05) is 26.7 Å². The van der Waals surface area contributed by atoms with Gasteiger partial charge in [0.1, 0.15) is 0 Å². The summed E-state index contributed by atoms with van der Waals surface area (Å²) in [5.74, 6) is 0.646. The first kappa shape index (κ1) is 13.2. The minimum atomic E-state index is 0.646. The number of fused-ring (bicyclic) bond motifs is 1. The van der Waals surface area contributed by atoms with Crippen molar-refractivity contribution in [2.24, 2.45) is 11.7 Å². The molecule has 3 nitrogen and oxygen atoms in total. The molecule has 0 aromatic heterocycles. The summed E-state index contributed by atoms with van der Waals surface area (Å²) in [6.07, 6.45) is 2.46. The molecule has 100 valence electrons. The summed E-state index contributed by atoms with van der Waals surface area (Å²) >= 11 is 0. The van der Waals surface area contributed by atoms with Crippen LogP contribution in [0.3, 0.4) is 0 Å². The van der Waals surface area contributed by atoms with Crippen molar-refractivity contribution < 1.29 is 0 Å². The topological polar surface area (TPSA) is 32.5 Å². The van der Waals surface area contributed by atoms with Crippen LogP contribution >= 0.6 is 0 Å². The molecule has 2 rings (SSSR count). The van der Waals surface area contributed by atoms with Gasteiger partial charge in [-0.15, -0.1) is 0 Å². The molecule has 0 radical (unpaired) electrons. The molecule has 0 fully saturated rings. The summed E-state index contributed by atoms with van der Waals surface area (Å²) < 4.78 is 0. The highest BCUT2D eigenvalue weighted by Crippen LogP contribution is 2.31. The van der Waals surface area contributed by atoms with Gasteiger partial charge in [-0.2, -0.15) is 0 Å². The third kappa shape index (κ3) is 2.96. The lowest BCUT2D eigenvalue weighted by Crippen LogP contribution is -2.39. The third-order valence-corrected chi connectivity index (χ3v) is 3.87. The predicted octanol–water partition coefficient (Wildman–Crippen LogP) is 2.32. The number of hydrogen-bond acceptors (Lipinski definition) is 3. The van der Waals surface area contributed by atoms with Crippen LogP contribution in [0.1, 0.15) is 19.8 Å². The summed E-state index contributed by atoms with van der Waals surface area (Å²) in [7, 11) is 2.17. The standard InChI is InChI=1S/C15H25N3/c1-13(12-16)6-5-9-18-11-10-17(2)14-7-3-4-8-15(14)18/h3-4,7-8,13H,5-6,9-12,16H2,1-2H3. The molecular formula is C15H25N3. The first-order valence-corrected chi connectivity index (χ1v) is 6.97. The average Bonchev–Trinajstić information content (AvgIpc) is 2.41. The molecule has 18 heavy (non-hydrogen) atoms. The van der Waals surface area contributed by atoms with E-state index < -0.39 is 0 Å². The summed E-state index contributed by atoms with van der Waals surface area (Å²) in [5, 5.41) is 0. The maximum atomic E-state index is 5.67. The largest absolute Gasteiger partial charge is 0.371 e. The lowest BCUT2D eigenvalue weighted by Gasteiger charge is -2.37. The van der Waals surface area contributed by atoms with Gasteiger partial charge in [0.25, 0.3) is 0 Å². The fraction of sp³-hybridized carbons (Fsp3) is 0.600. The first-order chi connectivity index (χ1) is 8.72. The van der Waals surface area contributed by atoms with E-state index in [1.165, 1.54) is 24.2 Å². The number of rotatable bonds is 5. The van der Waals surface area contributed by atoms with E-state index in [0.29, 0.717) is 5.92 Å². The van der Waals surface area contributed by atoms with E-state index in [1.807, 2.05) is 0 Å². The number of likely N-dealkylation sites (N-methyl/N-ethyl adjacent to an activating group) is 1. The number of hydrogen-bond donors (Lipinski definition) is 1. The number of benzene rings is 1. The Kier molecular flexibility index (Phi) is 4.48. The van der Waals surface area contributed by atoms with Gasteiger partial charge in [0.2, 0.25) is 0 Å². The minimum Gasteiger partial charge on any atom is -0.371 e. The predicted molar refractivity (Wildman–Crippen MR) is 79.4 cm³/mol. The van der Waals surface area contributed by atoms with E-state index in [4.69, 9.17) is 5.73 Å². The van der Waals surface area contributed by atoms with Crippen molar-refractivity contribution >= 4 is 11.4 Å². The third-order valence-electron chi connectivity index (χ3n) is 3.87. The van der Waals surface area contributed by atoms with Crippen molar-refractivity contribution in [3.05, 3.63) is 24.3 Å². The van der Waals surface area contributed by atoms with Crippen molar-refractivity contribution in [3.63, 3.8) is 0 Å². The SMILES string of the molecule is CC(CN)CCCN1CCN(C)c2ccccc21. The quantitative estimate of drug-likeness (QED) is 0.866. The van der Waals surface area contributed by atoms with Gasteiger partial charge < -0.3 is 15.5 Å². The van der Waals surface area contributed by atoms with Crippen LogP contribution in [0, 0.1) is 5.92 Å². The highest BCUT2D eigenvalue weighted by atomic mass is 15.2.